The quantitative estimate of drug-likeness (QED) is 0.726. The SMILES string of the molecule is CC(C)(C)ONCc1ccc(O)cc1. The van der Waals surface area contributed by atoms with Crippen LogP contribution < -0.4 is 5.48 Å². The molecule has 0 heterocycles. The van der Waals surface area contributed by atoms with Crippen LogP contribution in [0, 0.1) is 0 Å². The molecule has 3 nitrogen and oxygen atoms in total. The van der Waals surface area contributed by atoms with Crippen LogP contribution in [-0.2, 0) is 11.4 Å². The van der Waals surface area contributed by atoms with Crippen LogP contribution in [0.4, 0.5) is 0 Å². The molecule has 0 aliphatic carbocycles. The number of hydroxylamine groups is 1. The fourth-order valence-electron chi connectivity index (χ4n) is 0.950. The van der Waals surface area contributed by atoms with E-state index >= 15 is 0 Å². The Labute approximate surface area is 84.7 Å². The van der Waals surface area contributed by atoms with Crippen LogP contribution in [0.5, 0.6) is 5.75 Å². The Bertz CT molecular complexity index is 274. The number of hydrogen-bond acceptors (Lipinski definition) is 3. The highest BCUT2D eigenvalue weighted by Gasteiger charge is 2.09. The summed E-state index contributed by atoms with van der Waals surface area (Å²) in [4.78, 5) is 5.35. The zero-order valence-electron chi connectivity index (χ0n) is 8.87. The molecule has 0 unspecified atom stereocenters. The molecule has 2 N–H and O–H groups in total. The lowest BCUT2D eigenvalue weighted by molar-refractivity contribution is -0.0757. The minimum absolute atomic E-state index is 0.184. The summed E-state index contributed by atoms with van der Waals surface area (Å²) < 4.78 is 0. The molecule has 0 bridgehead atoms. The highest BCUT2D eigenvalue weighted by atomic mass is 16.7. The first-order chi connectivity index (χ1) is 6.47. The van der Waals surface area contributed by atoms with Crippen molar-refractivity contribution in [3.8, 4) is 5.75 Å². The van der Waals surface area contributed by atoms with Gasteiger partial charge in [0.1, 0.15) is 5.75 Å². The molecule has 0 saturated heterocycles. The number of phenolic OH excluding ortho intramolecular Hbond substituents is 1. The topological polar surface area (TPSA) is 41.5 Å². The van der Waals surface area contributed by atoms with Crippen LogP contribution >= 0.6 is 0 Å². The largest absolute Gasteiger partial charge is 0.508 e. The molecule has 0 saturated carbocycles. The lowest BCUT2D eigenvalue weighted by atomic mass is 10.2. The minimum atomic E-state index is -0.184. The number of phenols is 1. The van der Waals surface area contributed by atoms with Crippen molar-refractivity contribution in [2.45, 2.75) is 32.9 Å². The Morgan fingerprint density at radius 3 is 2.29 bits per heavy atom. The molecular formula is C11H17NO2. The lowest BCUT2D eigenvalue weighted by Crippen LogP contribution is -2.28. The number of benzene rings is 1. The average molecular weight is 195 g/mol. The Hall–Kier alpha value is -1.06. The monoisotopic (exact) mass is 195 g/mol. The van der Waals surface area contributed by atoms with Crippen LogP contribution in [0.25, 0.3) is 0 Å². The van der Waals surface area contributed by atoms with Gasteiger partial charge >= 0.3 is 0 Å². The molecule has 1 aromatic rings. The van der Waals surface area contributed by atoms with Crippen molar-refractivity contribution in [1.82, 2.24) is 5.48 Å². The number of hydrogen-bond donors (Lipinski definition) is 2. The van der Waals surface area contributed by atoms with E-state index < -0.39 is 0 Å². The van der Waals surface area contributed by atoms with E-state index in [2.05, 4.69) is 5.48 Å². The molecule has 0 spiro atoms. The van der Waals surface area contributed by atoms with Crippen molar-refractivity contribution in [1.29, 1.82) is 0 Å². The van der Waals surface area contributed by atoms with Crippen LogP contribution in [0.15, 0.2) is 24.3 Å². The molecule has 0 amide bonds. The summed E-state index contributed by atoms with van der Waals surface area (Å²) in [6, 6.07) is 7.03. The second-order valence-corrected chi connectivity index (χ2v) is 4.20. The first-order valence-electron chi connectivity index (χ1n) is 4.66. The predicted octanol–water partition coefficient (Wildman–Crippen LogP) is 2.21. The molecule has 0 aliphatic rings. The minimum Gasteiger partial charge on any atom is -0.508 e. The number of aromatic hydroxyl groups is 1. The van der Waals surface area contributed by atoms with Gasteiger partial charge in [0.2, 0.25) is 0 Å². The van der Waals surface area contributed by atoms with Crippen LogP contribution in [-0.4, -0.2) is 10.7 Å². The average Bonchev–Trinajstić information content (AvgIpc) is 2.06. The Morgan fingerprint density at radius 1 is 1.21 bits per heavy atom. The van der Waals surface area contributed by atoms with Gasteiger partial charge in [-0.05, 0) is 38.5 Å². The summed E-state index contributed by atoms with van der Waals surface area (Å²) in [5.74, 6) is 0.283. The van der Waals surface area contributed by atoms with Gasteiger partial charge in [-0.2, -0.15) is 5.48 Å². The second kappa shape index (κ2) is 4.44. The maximum absolute atomic E-state index is 9.06. The van der Waals surface area contributed by atoms with Gasteiger partial charge in [0, 0.05) is 6.54 Å². The summed E-state index contributed by atoms with van der Waals surface area (Å²) in [5, 5.41) is 9.06. The van der Waals surface area contributed by atoms with Crippen LogP contribution in [0.1, 0.15) is 26.3 Å². The molecule has 1 rings (SSSR count). The molecule has 0 atom stereocenters. The van der Waals surface area contributed by atoms with E-state index in [1.54, 1.807) is 12.1 Å². The normalized spacial score (nSPS) is 11.6. The first kappa shape index (κ1) is 11.0. The smallest absolute Gasteiger partial charge is 0.115 e. The molecular weight excluding hydrogens is 178 g/mol. The molecule has 0 aliphatic heterocycles. The van der Waals surface area contributed by atoms with E-state index in [9.17, 15) is 0 Å². The third-order valence-corrected chi connectivity index (χ3v) is 1.59. The van der Waals surface area contributed by atoms with Crippen molar-refractivity contribution in [3.63, 3.8) is 0 Å². The third kappa shape index (κ3) is 4.25. The van der Waals surface area contributed by atoms with Gasteiger partial charge < -0.3 is 5.11 Å². The van der Waals surface area contributed by atoms with Gasteiger partial charge in [-0.1, -0.05) is 12.1 Å². The van der Waals surface area contributed by atoms with Crippen molar-refractivity contribution in [2.24, 2.45) is 0 Å². The Kier molecular flexibility index (Phi) is 3.49. The fourth-order valence-corrected chi connectivity index (χ4v) is 0.950. The summed E-state index contributed by atoms with van der Waals surface area (Å²) in [6.45, 7) is 6.59. The molecule has 3 heteroatoms. The second-order valence-electron chi connectivity index (χ2n) is 4.20. The van der Waals surface area contributed by atoms with Crippen molar-refractivity contribution in [3.05, 3.63) is 29.8 Å². The summed E-state index contributed by atoms with van der Waals surface area (Å²) >= 11 is 0. The molecule has 0 radical (unpaired) electrons. The lowest BCUT2D eigenvalue weighted by Gasteiger charge is -2.19. The van der Waals surface area contributed by atoms with Crippen LogP contribution in [0.3, 0.4) is 0 Å². The van der Waals surface area contributed by atoms with Crippen molar-refractivity contribution >= 4 is 0 Å². The maximum Gasteiger partial charge on any atom is 0.115 e. The molecule has 78 valence electrons. The fraction of sp³-hybridized carbons (Fsp3) is 0.455. The van der Waals surface area contributed by atoms with Gasteiger partial charge in [0.05, 0.1) is 5.60 Å². The van der Waals surface area contributed by atoms with E-state index in [4.69, 9.17) is 9.94 Å². The zero-order valence-corrected chi connectivity index (χ0v) is 8.87. The van der Waals surface area contributed by atoms with E-state index in [-0.39, 0.29) is 11.4 Å². The molecule has 0 aromatic heterocycles. The summed E-state index contributed by atoms with van der Waals surface area (Å²) in [5.41, 5.74) is 3.77. The van der Waals surface area contributed by atoms with Gasteiger partial charge in [-0.25, -0.2) is 0 Å². The predicted molar refractivity (Wildman–Crippen MR) is 55.8 cm³/mol. The highest BCUT2D eigenvalue weighted by Crippen LogP contribution is 2.10. The van der Waals surface area contributed by atoms with E-state index in [0.29, 0.717) is 6.54 Å². The molecule has 1 aromatic carbocycles. The first-order valence-corrected chi connectivity index (χ1v) is 4.66. The van der Waals surface area contributed by atoms with Gasteiger partial charge in [0.25, 0.3) is 0 Å². The van der Waals surface area contributed by atoms with E-state index in [0.717, 1.165) is 5.56 Å². The number of rotatable bonds is 3. The maximum atomic E-state index is 9.06. The molecule has 14 heavy (non-hydrogen) atoms. The van der Waals surface area contributed by atoms with Gasteiger partial charge in [0.15, 0.2) is 0 Å². The number of nitrogens with one attached hydrogen (secondary N) is 1. The Balaban J connectivity index is 2.35. The highest BCUT2D eigenvalue weighted by molar-refractivity contribution is 5.25. The van der Waals surface area contributed by atoms with Gasteiger partial charge in [-0.3, -0.25) is 4.84 Å². The van der Waals surface area contributed by atoms with Crippen LogP contribution in [0.2, 0.25) is 0 Å². The van der Waals surface area contributed by atoms with Gasteiger partial charge in [-0.15, -0.1) is 0 Å². The summed E-state index contributed by atoms with van der Waals surface area (Å²) in [6.07, 6.45) is 0. The summed E-state index contributed by atoms with van der Waals surface area (Å²) in [7, 11) is 0. The standard InChI is InChI=1S/C11H17NO2/c1-11(2,3)14-12-8-9-4-6-10(13)7-5-9/h4-7,12-13H,8H2,1-3H3. The third-order valence-electron chi connectivity index (χ3n) is 1.59. The zero-order chi connectivity index (χ0) is 10.6. The van der Waals surface area contributed by atoms with Crippen molar-refractivity contribution < 1.29 is 9.94 Å². The van der Waals surface area contributed by atoms with Crippen molar-refractivity contribution in [2.75, 3.05) is 0 Å². The molecule has 0 fully saturated rings. The Morgan fingerprint density at radius 2 is 1.79 bits per heavy atom. The van der Waals surface area contributed by atoms with E-state index in [1.807, 2.05) is 32.9 Å². The van der Waals surface area contributed by atoms with E-state index in [1.165, 1.54) is 0 Å².